The number of rotatable bonds is 7. The minimum Gasteiger partial charge on any atom is -0.687 e. The number of benzene rings is 2. The van der Waals surface area contributed by atoms with Gasteiger partial charge in [0.05, 0.1) is 0 Å². The molecular formula is C19H25LiN2. The second kappa shape index (κ2) is 9.61. The molecule has 0 aliphatic carbocycles. The minimum absolute atomic E-state index is 0. The van der Waals surface area contributed by atoms with Crippen LogP contribution in [0.15, 0.2) is 48.5 Å². The van der Waals surface area contributed by atoms with Crippen LogP contribution in [-0.4, -0.2) is 7.05 Å². The summed E-state index contributed by atoms with van der Waals surface area (Å²) in [5, 5.41) is 4.17. The van der Waals surface area contributed by atoms with Crippen molar-refractivity contribution >= 4 is 11.4 Å². The smallest absolute Gasteiger partial charge is 0.687 e. The summed E-state index contributed by atoms with van der Waals surface area (Å²) in [6.07, 6.45) is 4.75. The Balaban J connectivity index is 0.00000242. The van der Waals surface area contributed by atoms with Crippen LogP contribution >= 0.6 is 0 Å². The normalized spacial score (nSPS) is 11.5. The first kappa shape index (κ1) is 18.7. The Morgan fingerprint density at radius 2 is 1.64 bits per heavy atom. The molecule has 112 valence electrons. The molecule has 0 saturated heterocycles. The van der Waals surface area contributed by atoms with E-state index in [0.717, 1.165) is 17.8 Å². The van der Waals surface area contributed by atoms with E-state index in [-0.39, 0.29) is 18.9 Å². The third-order valence-corrected chi connectivity index (χ3v) is 4.11. The quantitative estimate of drug-likeness (QED) is 0.617. The molecule has 1 atom stereocenters. The van der Waals surface area contributed by atoms with Gasteiger partial charge in [-0.2, -0.15) is 0 Å². The van der Waals surface area contributed by atoms with Crippen molar-refractivity contribution in [2.75, 3.05) is 12.8 Å². The van der Waals surface area contributed by atoms with Gasteiger partial charge >= 0.3 is 18.9 Å². The Morgan fingerprint density at radius 1 is 1.00 bits per heavy atom. The zero-order valence-electron chi connectivity index (χ0n) is 14.0. The summed E-state index contributed by atoms with van der Waals surface area (Å²) in [5.74, 6) is 0.635. The summed E-state index contributed by atoms with van der Waals surface area (Å²) < 4.78 is 0. The maximum atomic E-state index is 5.76. The first-order valence-electron chi connectivity index (χ1n) is 7.77. The fraction of sp³-hybridized carbons (Fsp3) is 0.368. The molecule has 0 spiro atoms. The van der Waals surface area contributed by atoms with E-state index in [2.05, 4.69) is 48.6 Å². The van der Waals surface area contributed by atoms with Crippen LogP contribution in [0.1, 0.15) is 43.2 Å². The molecule has 2 N–H and O–H groups in total. The monoisotopic (exact) mass is 288 g/mol. The molecule has 0 bridgehead atoms. The van der Waals surface area contributed by atoms with E-state index in [1.165, 1.54) is 30.4 Å². The van der Waals surface area contributed by atoms with Gasteiger partial charge in [-0.3, -0.25) is 0 Å². The molecular weight excluding hydrogens is 263 g/mol. The van der Waals surface area contributed by atoms with Gasteiger partial charge < -0.3 is 11.1 Å². The molecule has 0 saturated carbocycles. The zero-order valence-corrected chi connectivity index (χ0v) is 14.0. The van der Waals surface area contributed by atoms with E-state index < -0.39 is 0 Å². The molecule has 0 aliphatic rings. The Kier molecular flexibility index (Phi) is 8.17. The second-order valence-corrected chi connectivity index (χ2v) is 5.55. The number of nitrogens with two attached hydrogens (primary N) is 1. The van der Waals surface area contributed by atoms with E-state index in [4.69, 9.17) is 5.73 Å². The Morgan fingerprint density at radius 3 is 2.18 bits per heavy atom. The van der Waals surface area contributed by atoms with Crippen LogP contribution in [0.25, 0.3) is 5.32 Å². The van der Waals surface area contributed by atoms with Crippen molar-refractivity contribution in [2.45, 2.75) is 38.5 Å². The predicted octanol–water partition coefficient (Wildman–Crippen LogP) is 2.42. The summed E-state index contributed by atoms with van der Waals surface area (Å²) >= 11 is 0. The fourth-order valence-corrected chi connectivity index (χ4v) is 2.74. The van der Waals surface area contributed by atoms with E-state index >= 15 is 0 Å². The number of aryl methyl sites for hydroxylation is 1. The Bertz CT molecular complexity index is 534. The largest absolute Gasteiger partial charge is 1.00 e. The zero-order chi connectivity index (χ0) is 15.1. The topological polar surface area (TPSA) is 40.1 Å². The molecule has 0 radical (unpaired) electrons. The van der Waals surface area contributed by atoms with Crippen LogP contribution in [0.5, 0.6) is 0 Å². The third-order valence-electron chi connectivity index (χ3n) is 4.11. The molecule has 22 heavy (non-hydrogen) atoms. The molecule has 0 aliphatic heterocycles. The van der Waals surface area contributed by atoms with Gasteiger partial charge in [-0.15, -0.1) is 12.7 Å². The van der Waals surface area contributed by atoms with Crippen molar-refractivity contribution in [3.63, 3.8) is 0 Å². The molecule has 0 fully saturated rings. The van der Waals surface area contributed by atoms with Crippen molar-refractivity contribution in [3.05, 3.63) is 65.0 Å². The summed E-state index contributed by atoms with van der Waals surface area (Å²) in [6.45, 7) is 2.26. The molecule has 0 heterocycles. The summed E-state index contributed by atoms with van der Waals surface area (Å²) in [7, 11) is 1.83. The van der Waals surface area contributed by atoms with Crippen LogP contribution in [0.2, 0.25) is 0 Å². The first-order chi connectivity index (χ1) is 10.2. The van der Waals surface area contributed by atoms with Crippen molar-refractivity contribution in [1.82, 2.24) is 0 Å². The van der Waals surface area contributed by atoms with Gasteiger partial charge in [0.2, 0.25) is 0 Å². The predicted molar refractivity (Wildman–Crippen MR) is 92.2 cm³/mol. The van der Waals surface area contributed by atoms with Crippen molar-refractivity contribution < 1.29 is 18.9 Å². The number of hydrogen-bond donors (Lipinski definition) is 1. The average Bonchev–Trinajstić information content (AvgIpc) is 2.53. The number of nitrogen functional groups attached to an aromatic ring is 1. The van der Waals surface area contributed by atoms with Crippen molar-refractivity contribution in [1.29, 1.82) is 0 Å². The van der Waals surface area contributed by atoms with Crippen LogP contribution in [0.4, 0.5) is 11.4 Å². The first-order valence-corrected chi connectivity index (χ1v) is 7.77. The molecule has 0 amide bonds. The van der Waals surface area contributed by atoms with Gasteiger partial charge in [0, 0.05) is 5.69 Å². The van der Waals surface area contributed by atoms with Crippen LogP contribution in [-0.2, 0) is 6.42 Å². The van der Waals surface area contributed by atoms with Crippen LogP contribution in [0, 0.1) is 0 Å². The summed E-state index contributed by atoms with van der Waals surface area (Å²) in [5.41, 5.74) is 10.5. The summed E-state index contributed by atoms with van der Waals surface area (Å²) in [6, 6.07) is 16.9. The van der Waals surface area contributed by atoms with E-state index in [9.17, 15) is 0 Å². The van der Waals surface area contributed by atoms with Gasteiger partial charge in [0.15, 0.2) is 0 Å². The van der Waals surface area contributed by atoms with E-state index in [1.54, 1.807) is 0 Å². The summed E-state index contributed by atoms with van der Waals surface area (Å²) in [4.78, 5) is 0. The molecule has 0 aromatic heterocycles. The molecule has 2 rings (SSSR count). The van der Waals surface area contributed by atoms with Gasteiger partial charge in [-0.1, -0.05) is 43.3 Å². The SMILES string of the molecule is CCC(CCCc1ccc([N-]C)cc1)c1ccc(N)cc1.[Li+]. The van der Waals surface area contributed by atoms with Crippen LogP contribution in [0.3, 0.4) is 0 Å². The number of nitrogens with zero attached hydrogens (tertiary/aromatic N) is 1. The van der Waals surface area contributed by atoms with Crippen LogP contribution < -0.4 is 24.6 Å². The van der Waals surface area contributed by atoms with Gasteiger partial charge in [0.25, 0.3) is 0 Å². The second-order valence-electron chi connectivity index (χ2n) is 5.55. The van der Waals surface area contributed by atoms with Gasteiger partial charge in [-0.05, 0) is 54.9 Å². The number of hydrogen-bond acceptors (Lipinski definition) is 1. The van der Waals surface area contributed by atoms with E-state index in [0.29, 0.717) is 5.92 Å². The van der Waals surface area contributed by atoms with E-state index in [1.807, 2.05) is 19.2 Å². The average molecular weight is 288 g/mol. The Labute approximate surface area is 146 Å². The molecule has 2 aromatic carbocycles. The Hall–Kier alpha value is -1.36. The molecule has 3 heteroatoms. The van der Waals surface area contributed by atoms with Gasteiger partial charge in [0.1, 0.15) is 0 Å². The van der Waals surface area contributed by atoms with Crippen molar-refractivity contribution in [3.8, 4) is 0 Å². The molecule has 2 aromatic rings. The molecule has 1 unspecified atom stereocenters. The number of anilines is 1. The fourth-order valence-electron chi connectivity index (χ4n) is 2.74. The van der Waals surface area contributed by atoms with Gasteiger partial charge in [-0.25, -0.2) is 0 Å². The maximum absolute atomic E-state index is 5.76. The molecule has 2 nitrogen and oxygen atoms in total. The minimum atomic E-state index is 0. The third kappa shape index (κ3) is 5.44. The maximum Gasteiger partial charge on any atom is 1.00 e. The standard InChI is InChI=1S/C19H25N2.Li/c1-3-16(17-9-11-18(20)12-10-17)6-4-5-15-7-13-19(21-2)14-8-15;/h7-14,16H,3-6,20H2,1-2H3;/q-1;+1. The van der Waals surface area contributed by atoms with Crippen molar-refractivity contribution in [2.24, 2.45) is 0 Å².